The molecule has 1 saturated carbocycles. The average molecular weight is 497 g/mol. The zero-order valence-electron chi connectivity index (χ0n) is 19.1. The molecule has 0 atom stereocenters. The van der Waals surface area contributed by atoms with Crippen LogP contribution in [0.5, 0.6) is 0 Å². The van der Waals surface area contributed by atoms with Crippen molar-refractivity contribution in [2.45, 2.75) is 58.9 Å². The van der Waals surface area contributed by atoms with E-state index in [2.05, 4.69) is 38.7 Å². The molecular weight excluding hydrogens is 468 g/mol. The predicted octanol–water partition coefficient (Wildman–Crippen LogP) is 5.86. The molecule has 0 bridgehead atoms. The highest BCUT2D eigenvalue weighted by Crippen LogP contribution is 2.37. The first-order valence-corrected chi connectivity index (χ1v) is 11.9. The fourth-order valence-corrected chi connectivity index (χ4v) is 5.32. The van der Waals surface area contributed by atoms with Crippen molar-refractivity contribution in [1.29, 1.82) is 0 Å². The van der Waals surface area contributed by atoms with Gasteiger partial charge in [-0.05, 0) is 75.6 Å². The number of hydrogen-bond donors (Lipinski definition) is 0. The number of aryl methyl sites for hydroxylation is 1. The van der Waals surface area contributed by atoms with Crippen molar-refractivity contribution in [2.24, 2.45) is 0 Å². The Kier molecular flexibility index (Phi) is 6.42. The highest BCUT2D eigenvalue weighted by molar-refractivity contribution is 9.10. The highest BCUT2D eigenvalue weighted by Gasteiger charge is 2.40. The molecular formula is C26H29BrN2O3. The summed E-state index contributed by atoms with van der Waals surface area (Å²) in [6.07, 6.45) is 7.24. The lowest BCUT2D eigenvalue weighted by molar-refractivity contribution is -0.136. The summed E-state index contributed by atoms with van der Waals surface area (Å²) in [4.78, 5) is 28.1. The number of aromatic nitrogens is 1. The maximum absolute atomic E-state index is 13.6. The number of halogens is 1. The zero-order valence-corrected chi connectivity index (χ0v) is 20.7. The van der Waals surface area contributed by atoms with E-state index in [1.807, 2.05) is 43.9 Å². The number of carbonyl (C=O) groups is 2. The number of hydrogen-bond acceptors (Lipinski definition) is 3. The van der Waals surface area contributed by atoms with Gasteiger partial charge in [0, 0.05) is 33.3 Å². The summed E-state index contributed by atoms with van der Waals surface area (Å²) in [5.74, 6) is -0.551. The number of ether oxygens (including phenoxy) is 1. The largest absolute Gasteiger partial charge is 0.465 e. The van der Waals surface area contributed by atoms with E-state index >= 15 is 0 Å². The summed E-state index contributed by atoms with van der Waals surface area (Å²) in [5.41, 5.74) is 5.58. The highest BCUT2D eigenvalue weighted by atomic mass is 79.9. The van der Waals surface area contributed by atoms with Crippen LogP contribution >= 0.6 is 15.9 Å². The molecule has 2 heterocycles. The molecule has 1 aromatic heterocycles. The molecule has 2 aromatic rings. The van der Waals surface area contributed by atoms with Gasteiger partial charge in [0.05, 0.1) is 18.3 Å². The third-order valence-corrected chi connectivity index (χ3v) is 7.15. The van der Waals surface area contributed by atoms with Gasteiger partial charge in [-0.15, -0.1) is 0 Å². The van der Waals surface area contributed by atoms with Crippen LogP contribution in [0.2, 0.25) is 0 Å². The van der Waals surface area contributed by atoms with Gasteiger partial charge in [0.25, 0.3) is 5.91 Å². The van der Waals surface area contributed by atoms with Crippen LogP contribution in [0.1, 0.15) is 56.0 Å². The number of carbonyl (C=O) groups excluding carboxylic acids is 2. The minimum atomic E-state index is -0.456. The number of methoxy groups -OCH3 is 1. The van der Waals surface area contributed by atoms with E-state index in [9.17, 15) is 9.59 Å². The van der Waals surface area contributed by atoms with Crippen molar-refractivity contribution < 1.29 is 14.3 Å². The summed E-state index contributed by atoms with van der Waals surface area (Å²) in [6.45, 7) is 5.95. The Morgan fingerprint density at radius 1 is 1.09 bits per heavy atom. The molecule has 0 saturated heterocycles. The number of allylic oxidation sites excluding steroid dienone is 1. The fraction of sp³-hybridized carbons (Fsp3) is 0.385. The van der Waals surface area contributed by atoms with Crippen LogP contribution in [0.3, 0.4) is 0 Å². The maximum Gasteiger partial charge on any atom is 0.340 e. The quantitative estimate of drug-likeness (QED) is 0.393. The van der Waals surface area contributed by atoms with Crippen molar-refractivity contribution in [3.63, 3.8) is 0 Å². The SMILES string of the molecule is COC(=O)C1=C(C)N(C2CCCCC2)C(=O)C1=Cc1cc(C)n(-c2ccc(Br)cc2)c1C. The molecule has 1 amide bonds. The molecule has 32 heavy (non-hydrogen) atoms. The Balaban J connectivity index is 1.78. The third kappa shape index (κ3) is 3.96. The van der Waals surface area contributed by atoms with Crippen LogP contribution in [-0.2, 0) is 14.3 Å². The molecule has 2 aliphatic rings. The van der Waals surface area contributed by atoms with E-state index in [1.54, 1.807) is 0 Å². The number of amides is 1. The van der Waals surface area contributed by atoms with Gasteiger partial charge in [0.1, 0.15) is 0 Å². The fourth-order valence-electron chi connectivity index (χ4n) is 5.05. The smallest absolute Gasteiger partial charge is 0.340 e. The number of rotatable bonds is 4. The van der Waals surface area contributed by atoms with Crippen LogP contribution in [0.15, 0.2) is 51.6 Å². The standard InChI is InChI=1S/C26H29BrN2O3/c1-16-14-19(17(2)28(16)22-12-10-20(27)11-13-22)15-23-24(26(31)32-4)18(3)29(25(23)30)21-8-6-5-7-9-21/h10-15,21H,5-9H2,1-4H3. The van der Waals surface area contributed by atoms with Crippen LogP contribution < -0.4 is 0 Å². The molecule has 1 aromatic carbocycles. The van der Waals surface area contributed by atoms with Crippen LogP contribution in [0.4, 0.5) is 0 Å². The van der Waals surface area contributed by atoms with E-state index in [0.29, 0.717) is 16.8 Å². The minimum Gasteiger partial charge on any atom is -0.465 e. The summed E-state index contributed by atoms with van der Waals surface area (Å²) in [5, 5.41) is 0. The zero-order chi connectivity index (χ0) is 23.0. The lowest BCUT2D eigenvalue weighted by Gasteiger charge is -2.32. The third-order valence-electron chi connectivity index (χ3n) is 6.63. The molecule has 0 spiro atoms. The molecule has 0 N–H and O–H groups in total. The van der Waals surface area contributed by atoms with Gasteiger partial charge < -0.3 is 14.2 Å². The van der Waals surface area contributed by atoms with E-state index in [-0.39, 0.29) is 11.9 Å². The molecule has 4 rings (SSSR count). The van der Waals surface area contributed by atoms with E-state index in [4.69, 9.17) is 4.74 Å². The van der Waals surface area contributed by atoms with Gasteiger partial charge in [-0.25, -0.2) is 4.79 Å². The monoisotopic (exact) mass is 496 g/mol. The average Bonchev–Trinajstić information content (AvgIpc) is 3.20. The second kappa shape index (κ2) is 9.10. The number of nitrogens with zero attached hydrogens (tertiary/aromatic N) is 2. The molecule has 1 aliphatic heterocycles. The normalized spacial score (nSPS) is 18.7. The summed E-state index contributed by atoms with van der Waals surface area (Å²) in [6, 6.07) is 10.3. The lowest BCUT2D eigenvalue weighted by atomic mass is 9.94. The molecule has 0 radical (unpaired) electrons. The van der Waals surface area contributed by atoms with Crippen LogP contribution in [-0.4, -0.2) is 34.5 Å². The molecule has 6 heteroatoms. The van der Waals surface area contributed by atoms with Gasteiger partial charge in [0.2, 0.25) is 0 Å². The van der Waals surface area contributed by atoms with Crippen molar-refractivity contribution in [2.75, 3.05) is 7.11 Å². The number of esters is 1. The second-order valence-electron chi connectivity index (χ2n) is 8.62. The Morgan fingerprint density at radius 2 is 1.75 bits per heavy atom. The van der Waals surface area contributed by atoms with Crippen molar-refractivity contribution >= 4 is 33.9 Å². The summed E-state index contributed by atoms with van der Waals surface area (Å²) >= 11 is 3.49. The molecule has 1 fully saturated rings. The van der Waals surface area contributed by atoms with Gasteiger partial charge in [-0.1, -0.05) is 35.2 Å². The van der Waals surface area contributed by atoms with Gasteiger partial charge in [-0.3, -0.25) is 4.79 Å². The first-order chi connectivity index (χ1) is 15.3. The summed E-state index contributed by atoms with van der Waals surface area (Å²) < 4.78 is 8.25. The Hall–Kier alpha value is -2.60. The summed E-state index contributed by atoms with van der Waals surface area (Å²) in [7, 11) is 1.37. The second-order valence-corrected chi connectivity index (χ2v) is 9.53. The first kappa shape index (κ1) is 22.6. The van der Waals surface area contributed by atoms with Crippen molar-refractivity contribution in [3.8, 4) is 5.69 Å². The van der Waals surface area contributed by atoms with Crippen molar-refractivity contribution in [3.05, 3.63) is 68.6 Å². The van der Waals surface area contributed by atoms with Gasteiger partial charge >= 0.3 is 5.97 Å². The number of benzene rings is 1. The Morgan fingerprint density at radius 3 is 2.38 bits per heavy atom. The maximum atomic E-state index is 13.6. The molecule has 0 unspecified atom stereocenters. The first-order valence-electron chi connectivity index (χ1n) is 11.1. The van der Waals surface area contributed by atoms with E-state index in [1.165, 1.54) is 13.5 Å². The predicted molar refractivity (Wildman–Crippen MR) is 129 cm³/mol. The molecule has 168 valence electrons. The van der Waals surface area contributed by atoms with E-state index < -0.39 is 5.97 Å². The van der Waals surface area contributed by atoms with Crippen molar-refractivity contribution in [1.82, 2.24) is 9.47 Å². The molecule has 1 aliphatic carbocycles. The van der Waals surface area contributed by atoms with Gasteiger partial charge in [-0.2, -0.15) is 0 Å². The topological polar surface area (TPSA) is 51.5 Å². The van der Waals surface area contributed by atoms with Crippen LogP contribution in [0.25, 0.3) is 11.8 Å². The minimum absolute atomic E-state index is 0.0942. The van der Waals surface area contributed by atoms with E-state index in [0.717, 1.165) is 52.8 Å². The Labute approximate surface area is 197 Å². The van der Waals surface area contributed by atoms with Crippen LogP contribution in [0, 0.1) is 13.8 Å². The lowest BCUT2D eigenvalue weighted by Crippen LogP contribution is -2.37. The molecule has 5 nitrogen and oxygen atoms in total. The van der Waals surface area contributed by atoms with Gasteiger partial charge in [0.15, 0.2) is 0 Å². The Bertz CT molecular complexity index is 1120.